The van der Waals surface area contributed by atoms with Gasteiger partial charge in [-0.3, -0.25) is 0 Å². The van der Waals surface area contributed by atoms with Gasteiger partial charge < -0.3 is 0 Å². The van der Waals surface area contributed by atoms with Crippen molar-refractivity contribution >= 4 is 19.2 Å². The first-order valence-corrected chi connectivity index (χ1v) is 8.57. The van der Waals surface area contributed by atoms with Gasteiger partial charge in [0, 0.05) is 0 Å². The zero-order valence-corrected chi connectivity index (χ0v) is 5.86. The van der Waals surface area contributed by atoms with Crippen LogP contribution in [0, 0.1) is 0 Å². The van der Waals surface area contributed by atoms with Crippen molar-refractivity contribution in [3.63, 3.8) is 0 Å². The van der Waals surface area contributed by atoms with E-state index in [2.05, 4.69) is 0 Å². The summed E-state index contributed by atoms with van der Waals surface area (Å²) in [6, 6.07) is 0. The Labute approximate surface area is 35.8 Å². The summed E-state index contributed by atoms with van der Waals surface area (Å²) in [4.78, 5) is 2.78. The van der Waals surface area contributed by atoms with Gasteiger partial charge in [-0.15, -0.1) is 0 Å². The number of rotatable bonds is 0. The van der Waals surface area contributed by atoms with E-state index in [9.17, 15) is 3.02 Å². The summed E-state index contributed by atoms with van der Waals surface area (Å²) in [5, 5.41) is 0. The Morgan fingerprint density at radius 2 is 1.60 bits per heavy atom. The second-order valence-corrected chi connectivity index (χ2v) is 8.68. The van der Waals surface area contributed by atoms with Gasteiger partial charge in [-0.05, 0) is 0 Å². The molecule has 0 aliphatic heterocycles. The molecule has 0 radical (unpaired) electrons. The molecule has 0 fully saturated rings. The summed E-state index contributed by atoms with van der Waals surface area (Å²) in [7, 11) is 0. The summed E-state index contributed by atoms with van der Waals surface area (Å²) in [5.74, 6) is 0. The van der Waals surface area contributed by atoms with Crippen molar-refractivity contribution in [1.82, 2.24) is 0 Å². The zero-order chi connectivity index (χ0) is 4.50. The molecule has 5 heavy (non-hydrogen) atoms. The van der Waals surface area contributed by atoms with Gasteiger partial charge in [-0.2, -0.15) is 0 Å². The molecule has 0 aromatic carbocycles. The minimum atomic E-state index is -3.35. The van der Waals surface area contributed by atoms with Gasteiger partial charge in [0.2, 0.25) is 0 Å². The van der Waals surface area contributed by atoms with E-state index in [-0.39, 0.29) is 0 Å². The second-order valence-electron chi connectivity index (χ2n) is 1.29. The molecular formula is C2H7O2Sb. The molecule has 0 unspecified atom stereocenters. The fourth-order valence-electron chi connectivity index (χ4n) is 0. The van der Waals surface area contributed by atoms with E-state index in [0.29, 0.717) is 0 Å². The molecule has 3 heteroatoms. The average molecular weight is 185 g/mol. The zero-order valence-electron chi connectivity index (χ0n) is 3.30. The molecule has 0 aliphatic rings. The van der Waals surface area contributed by atoms with Crippen molar-refractivity contribution < 1.29 is 6.40 Å². The molecule has 2 nitrogen and oxygen atoms in total. The van der Waals surface area contributed by atoms with Gasteiger partial charge in [-0.25, -0.2) is 0 Å². The monoisotopic (exact) mass is 184 g/mol. The molecule has 0 aromatic heterocycles. The molecule has 0 saturated heterocycles. The van der Waals surface area contributed by atoms with Crippen LogP contribution in [0.25, 0.3) is 0 Å². The van der Waals surface area contributed by atoms with Crippen LogP contribution in [0.1, 0.15) is 0 Å². The molecule has 1 N–H and O–H groups in total. The topological polar surface area (TPSA) is 37.3 Å². The maximum atomic E-state index is 9.86. The van der Waals surface area contributed by atoms with Crippen LogP contribution >= 0.6 is 0 Å². The van der Waals surface area contributed by atoms with Crippen molar-refractivity contribution in [3.8, 4) is 0 Å². The second kappa shape index (κ2) is 1.35. The van der Waals surface area contributed by atoms with Crippen LogP contribution in [-0.4, -0.2) is 22.6 Å². The van der Waals surface area contributed by atoms with Crippen LogP contribution in [0.15, 0.2) is 0 Å². The van der Waals surface area contributed by atoms with Crippen molar-refractivity contribution in [1.29, 1.82) is 0 Å². The molecular weight excluding hydrogens is 178 g/mol. The van der Waals surface area contributed by atoms with Crippen LogP contribution < -0.4 is 0 Å². The van der Waals surface area contributed by atoms with Crippen LogP contribution in [-0.2, 0) is 3.02 Å². The van der Waals surface area contributed by atoms with Crippen LogP contribution in [0.5, 0.6) is 0 Å². The first-order valence-electron chi connectivity index (χ1n) is 1.28. The molecule has 0 spiro atoms. The molecule has 0 saturated carbocycles. The summed E-state index contributed by atoms with van der Waals surface area (Å²) in [6.07, 6.45) is 0. The van der Waals surface area contributed by atoms with Gasteiger partial charge in [0.1, 0.15) is 0 Å². The predicted molar refractivity (Wildman–Crippen MR) is 20.4 cm³/mol. The Bertz CT molecular complexity index is 53.8. The standard InChI is InChI=1S/2CH3.H2O.O.Sb/h2*1H3;1H2;;/q;;;;+1/p-1. The maximum absolute atomic E-state index is 9.86. The third-order valence-electron chi connectivity index (χ3n) is 0. The van der Waals surface area contributed by atoms with Gasteiger partial charge in [-0.1, -0.05) is 0 Å². The Morgan fingerprint density at radius 1 is 1.60 bits per heavy atom. The van der Waals surface area contributed by atoms with Gasteiger partial charge in [0.15, 0.2) is 0 Å². The first-order chi connectivity index (χ1) is 2.00. The van der Waals surface area contributed by atoms with Crippen LogP contribution in [0.3, 0.4) is 0 Å². The van der Waals surface area contributed by atoms with E-state index < -0.39 is 19.2 Å². The normalized spacial score (nSPS) is 11.8. The van der Waals surface area contributed by atoms with Crippen molar-refractivity contribution in [3.05, 3.63) is 0 Å². The van der Waals surface area contributed by atoms with E-state index in [1.54, 1.807) is 0 Å². The minimum absolute atomic E-state index is 1.39. The SMILES string of the molecule is [CH3][Sb]([CH3])(=[O])[OH]. The third kappa shape index (κ3) is 91.0. The Balaban J connectivity index is 3.47. The molecule has 0 amide bonds. The van der Waals surface area contributed by atoms with Crippen LogP contribution in [0.4, 0.5) is 0 Å². The van der Waals surface area contributed by atoms with Crippen molar-refractivity contribution in [2.45, 2.75) is 9.74 Å². The molecule has 0 rings (SSSR count). The predicted octanol–water partition coefficient (Wildman–Crippen LogP) is 0.111. The number of hydrogen-bond donors (Lipinski definition) is 1. The Kier molecular flexibility index (Phi) is 1.51. The number of hydrogen-bond acceptors (Lipinski definition) is 1. The fourth-order valence-corrected chi connectivity index (χ4v) is 0. The third-order valence-corrected chi connectivity index (χ3v) is 0. The summed E-state index contributed by atoms with van der Waals surface area (Å²) < 4.78 is 18.0. The van der Waals surface area contributed by atoms with Crippen molar-refractivity contribution in [2.75, 3.05) is 0 Å². The molecule has 0 atom stereocenters. The van der Waals surface area contributed by atoms with E-state index in [1.165, 1.54) is 9.74 Å². The first kappa shape index (κ1) is 5.58. The van der Waals surface area contributed by atoms with Gasteiger partial charge >= 0.3 is 35.4 Å². The van der Waals surface area contributed by atoms with E-state index in [1.807, 2.05) is 0 Å². The van der Waals surface area contributed by atoms with E-state index in [4.69, 9.17) is 3.39 Å². The Morgan fingerprint density at radius 3 is 1.60 bits per heavy atom. The van der Waals surface area contributed by atoms with E-state index >= 15 is 0 Å². The fraction of sp³-hybridized carbons (Fsp3) is 1.00. The van der Waals surface area contributed by atoms with Crippen LogP contribution in [0.2, 0.25) is 9.74 Å². The average Bonchev–Trinajstić information content (AvgIpc) is 0.722. The molecule has 0 aromatic rings. The summed E-state index contributed by atoms with van der Waals surface area (Å²) in [6.45, 7) is 0. The quantitative estimate of drug-likeness (QED) is 0.543. The molecule has 0 heterocycles. The van der Waals surface area contributed by atoms with Gasteiger partial charge in [0.25, 0.3) is 0 Å². The van der Waals surface area contributed by atoms with Crippen molar-refractivity contribution in [2.24, 2.45) is 0 Å². The molecule has 32 valence electrons. The van der Waals surface area contributed by atoms with E-state index in [0.717, 1.165) is 0 Å². The summed E-state index contributed by atoms with van der Waals surface area (Å²) in [5.41, 5.74) is 0. The van der Waals surface area contributed by atoms with Gasteiger partial charge in [0.05, 0.1) is 0 Å². The molecule has 0 aliphatic carbocycles. The summed E-state index contributed by atoms with van der Waals surface area (Å²) >= 11 is -3.35. The Hall–Kier alpha value is 0.578. The molecule has 0 bridgehead atoms.